The number of ether oxygens (including phenoxy) is 1. The Morgan fingerprint density at radius 1 is 1.07 bits per heavy atom. The molecule has 10 heteroatoms. The van der Waals surface area contributed by atoms with E-state index in [1.165, 1.54) is 0 Å². The van der Waals surface area contributed by atoms with E-state index in [1.807, 2.05) is 38.1 Å². The summed E-state index contributed by atoms with van der Waals surface area (Å²) in [5.41, 5.74) is 0.864. The summed E-state index contributed by atoms with van der Waals surface area (Å²) < 4.78 is 33.1. The molecule has 148 valence electrons. The number of tetrazole rings is 1. The number of rotatable bonds is 8. The van der Waals surface area contributed by atoms with Gasteiger partial charge in [0.25, 0.3) is 0 Å². The number of piperazine rings is 1. The van der Waals surface area contributed by atoms with E-state index < -0.39 is 10.0 Å². The third-order valence-corrected chi connectivity index (χ3v) is 6.55. The normalized spacial score (nSPS) is 16.5. The Morgan fingerprint density at radius 3 is 2.41 bits per heavy atom. The largest absolute Gasteiger partial charge is 0.494 e. The molecule has 0 bridgehead atoms. The molecular weight excluding hydrogens is 368 g/mol. The van der Waals surface area contributed by atoms with Crippen molar-refractivity contribution in [3.8, 4) is 11.4 Å². The van der Waals surface area contributed by atoms with Crippen molar-refractivity contribution in [2.75, 3.05) is 38.5 Å². The molecular formula is C17H26N6O3S. The first-order chi connectivity index (χ1) is 13.0. The van der Waals surface area contributed by atoms with Gasteiger partial charge in [0.05, 0.1) is 24.6 Å². The van der Waals surface area contributed by atoms with E-state index in [9.17, 15) is 8.42 Å². The third-order valence-electron chi connectivity index (χ3n) is 4.48. The first-order valence-electron chi connectivity index (χ1n) is 9.24. The zero-order chi connectivity index (χ0) is 19.3. The van der Waals surface area contributed by atoms with Crippen LogP contribution in [0, 0.1) is 0 Å². The van der Waals surface area contributed by atoms with Gasteiger partial charge in [-0.25, -0.2) is 8.42 Å². The maximum atomic E-state index is 12.2. The first kappa shape index (κ1) is 19.7. The second-order valence-electron chi connectivity index (χ2n) is 6.43. The molecule has 2 heterocycles. The van der Waals surface area contributed by atoms with Crippen LogP contribution in [0.15, 0.2) is 24.3 Å². The molecule has 1 fully saturated rings. The van der Waals surface area contributed by atoms with Gasteiger partial charge in [0.1, 0.15) is 5.75 Å². The van der Waals surface area contributed by atoms with Gasteiger partial charge >= 0.3 is 0 Å². The Balaban J connectivity index is 1.62. The lowest BCUT2D eigenvalue weighted by Crippen LogP contribution is -2.49. The van der Waals surface area contributed by atoms with Crippen molar-refractivity contribution < 1.29 is 13.2 Å². The Hall–Kier alpha value is -2.04. The van der Waals surface area contributed by atoms with E-state index in [4.69, 9.17) is 4.74 Å². The summed E-state index contributed by atoms with van der Waals surface area (Å²) in [6.07, 6.45) is 0.638. The van der Waals surface area contributed by atoms with Crippen molar-refractivity contribution in [1.29, 1.82) is 0 Å². The molecule has 0 saturated carbocycles. The Morgan fingerprint density at radius 2 is 1.78 bits per heavy atom. The molecule has 1 aromatic heterocycles. The van der Waals surface area contributed by atoms with Gasteiger partial charge in [-0.15, -0.1) is 5.10 Å². The summed E-state index contributed by atoms with van der Waals surface area (Å²) in [7, 11) is -3.13. The molecule has 3 rings (SSSR count). The number of sulfonamides is 1. The minimum absolute atomic E-state index is 0.211. The monoisotopic (exact) mass is 394 g/mol. The van der Waals surface area contributed by atoms with Crippen molar-refractivity contribution in [2.45, 2.75) is 26.8 Å². The SMILES string of the molecule is CCCS(=O)(=O)N1CCN(Cc2nnnn2-c2ccc(OCC)cc2)CC1. The molecule has 0 N–H and O–H groups in total. The van der Waals surface area contributed by atoms with E-state index >= 15 is 0 Å². The predicted octanol–water partition coefficient (Wildman–Crippen LogP) is 0.918. The van der Waals surface area contributed by atoms with Crippen molar-refractivity contribution in [3.05, 3.63) is 30.1 Å². The quantitative estimate of drug-likeness (QED) is 0.657. The fourth-order valence-electron chi connectivity index (χ4n) is 3.11. The Kier molecular flexibility index (Phi) is 6.40. The van der Waals surface area contributed by atoms with Gasteiger partial charge in [-0.3, -0.25) is 4.90 Å². The van der Waals surface area contributed by atoms with Crippen LogP contribution in [0.4, 0.5) is 0 Å². The van der Waals surface area contributed by atoms with E-state index in [1.54, 1.807) is 8.99 Å². The summed E-state index contributed by atoms with van der Waals surface area (Å²) in [4.78, 5) is 2.18. The highest BCUT2D eigenvalue weighted by atomic mass is 32.2. The van der Waals surface area contributed by atoms with Crippen LogP contribution in [0.5, 0.6) is 5.75 Å². The van der Waals surface area contributed by atoms with Crippen LogP contribution in [0.2, 0.25) is 0 Å². The summed E-state index contributed by atoms with van der Waals surface area (Å²) >= 11 is 0. The summed E-state index contributed by atoms with van der Waals surface area (Å²) in [6.45, 7) is 7.37. The molecule has 2 aromatic rings. The molecule has 1 aliphatic rings. The summed E-state index contributed by atoms with van der Waals surface area (Å²) in [6, 6.07) is 7.61. The number of benzene rings is 1. The second kappa shape index (κ2) is 8.77. The lowest BCUT2D eigenvalue weighted by Gasteiger charge is -2.33. The molecule has 0 amide bonds. The van der Waals surface area contributed by atoms with E-state index in [2.05, 4.69) is 20.4 Å². The zero-order valence-corrected chi connectivity index (χ0v) is 16.6. The molecule has 1 aromatic carbocycles. The fourth-order valence-corrected chi connectivity index (χ4v) is 4.60. The van der Waals surface area contributed by atoms with Crippen LogP contribution in [0.1, 0.15) is 26.1 Å². The average molecular weight is 395 g/mol. The van der Waals surface area contributed by atoms with Crippen molar-refractivity contribution in [2.24, 2.45) is 0 Å². The molecule has 1 aliphatic heterocycles. The molecule has 0 spiro atoms. The zero-order valence-electron chi connectivity index (χ0n) is 15.8. The average Bonchev–Trinajstić information content (AvgIpc) is 3.11. The second-order valence-corrected chi connectivity index (χ2v) is 8.51. The third kappa shape index (κ3) is 4.82. The van der Waals surface area contributed by atoms with Gasteiger partial charge in [0.15, 0.2) is 5.82 Å². The number of aromatic nitrogens is 4. The summed E-state index contributed by atoms with van der Waals surface area (Å²) in [5.74, 6) is 1.74. The van der Waals surface area contributed by atoms with Gasteiger partial charge < -0.3 is 4.74 Å². The maximum absolute atomic E-state index is 12.2. The molecule has 27 heavy (non-hydrogen) atoms. The van der Waals surface area contributed by atoms with Crippen molar-refractivity contribution >= 4 is 10.0 Å². The van der Waals surface area contributed by atoms with Gasteiger partial charge in [-0.2, -0.15) is 8.99 Å². The van der Waals surface area contributed by atoms with Gasteiger partial charge in [-0.05, 0) is 48.0 Å². The molecule has 0 radical (unpaired) electrons. The highest BCUT2D eigenvalue weighted by Gasteiger charge is 2.27. The first-order valence-corrected chi connectivity index (χ1v) is 10.8. The lowest BCUT2D eigenvalue weighted by molar-refractivity contribution is 0.177. The van der Waals surface area contributed by atoms with Crippen LogP contribution >= 0.6 is 0 Å². The van der Waals surface area contributed by atoms with Crippen LogP contribution in [0.3, 0.4) is 0 Å². The molecule has 1 saturated heterocycles. The lowest BCUT2D eigenvalue weighted by atomic mass is 10.3. The predicted molar refractivity (Wildman–Crippen MR) is 101 cm³/mol. The van der Waals surface area contributed by atoms with Crippen LogP contribution < -0.4 is 4.74 Å². The van der Waals surface area contributed by atoms with Gasteiger partial charge in [0, 0.05) is 26.2 Å². The fraction of sp³-hybridized carbons (Fsp3) is 0.588. The van der Waals surface area contributed by atoms with Crippen LogP contribution in [-0.4, -0.2) is 76.4 Å². The topological polar surface area (TPSA) is 93.5 Å². The molecule has 0 unspecified atom stereocenters. The highest BCUT2D eigenvalue weighted by Crippen LogP contribution is 2.17. The van der Waals surface area contributed by atoms with Crippen molar-refractivity contribution in [3.63, 3.8) is 0 Å². The van der Waals surface area contributed by atoms with Crippen LogP contribution in [-0.2, 0) is 16.6 Å². The number of nitrogens with zero attached hydrogens (tertiary/aromatic N) is 6. The summed E-state index contributed by atoms with van der Waals surface area (Å²) in [5, 5.41) is 12.0. The molecule has 0 atom stereocenters. The standard InChI is InChI=1S/C17H26N6O3S/c1-3-13-27(24,25)22-11-9-21(10-12-22)14-17-18-19-20-23(17)15-5-7-16(8-6-15)26-4-2/h5-8H,3-4,9-14H2,1-2H3. The Bertz CT molecular complexity index is 829. The molecule has 9 nitrogen and oxygen atoms in total. The number of hydrogen-bond acceptors (Lipinski definition) is 7. The van der Waals surface area contributed by atoms with E-state index in [0.29, 0.717) is 45.8 Å². The highest BCUT2D eigenvalue weighted by molar-refractivity contribution is 7.89. The minimum atomic E-state index is -3.13. The maximum Gasteiger partial charge on any atom is 0.214 e. The van der Waals surface area contributed by atoms with E-state index in [-0.39, 0.29) is 5.75 Å². The van der Waals surface area contributed by atoms with Gasteiger partial charge in [0.2, 0.25) is 10.0 Å². The minimum Gasteiger partial charge on any atom is -0.494 e. The number of hydrogen-bond donors (Lipinski definition) is 0. The smallest absolute Gasteiger partial charge is 0.214 e. The van der Waals surface area contributed by atoms with Gasteiger partial charge in [-0.1, -0.05) is 6.92 Å². The van der Waals surface area contributed by atoms with Crippen molar-refractivity contribution in [1.82, 2.24) is 29.4 Å². The Labute approximate surface area is 160 Å². The molecule has 0 aliphatic carbocycles. The van der Waals surface area contributed by atoms with E-state index in [0.717, 1.165) is 17.3 Å². The van der Waals surface area contributed by atoms with Crippen LogP contribution in [0.25, 0.3) is 5.69 Å².